The number of thiophene rings is 1. The number of carboxylic acids is 1. The molecule has 1 atom stereocenters. The quantitative estimate of drug-likeness (QED) is 0.794. The molecule has 0 fully saturated rings. The molecule has 21 heavy (non-hydrogen) atoms. The van der Waals surface area contributed by atoms with Gasteiger partial charge in [0.05, 0.1) is 0 Å². The first kappa shape index (κ1) is 16.0. The molecule has 1 heterocycles. The van der Waals surface area contributed by atoms with Crippen molar-refractivity contribution in [2.75, 3.05) is 5.32 Å². The van der Waals surface area contributed by atoms with Gasteiger partial charge in [0, 0.05) is 19.9 Å². The van der Waals surface area contributed by atoms with E-state index in [2.05, 4.69) is 42.0 Å². The fourth-order valence-corrected chi connectivity index (χ4v) is 3.25. The molecule has 0 radical (unpaired) electrons. The van der Waals surface area contributed by atoms with E-state index in [1.165, 1.54) is 4.88 Å². The third kappa shape index (κ3) is 4.08. The Balaban J connectivity index is 2.25. The zero-order valence-electron chi connectivity index (χ0n) is 12.2. The molecule has 0 amide bonds. The molecule has 0 aliphatic carbocycles. The second-order valence-corrected chi connectivity index (χ2v) is 7.91. The predicted octanol–water partition coefficient (Wildman–Crippen LogP) is 5.05. The van der Waals surface area contributed by atoms with Crippen LogP contribution in [0.1, 0.15) is 36.6 Å². The Kier molecular flexibility index (Phi) is 4.74. The van der Waals surface area contributed by atoms with Gasteiger partial charge in [-0.2, -0.15) is 0 Å². The summed E-state index contributed by atoms with van der Waals surface area (Å²) in [5, 5.41) is 12.6. The zero-order valence-corrected chi connectivity index (χ0v) is 14.6. The topological polar surface area (TPSA) is 49.3 Å². The van der Waals surface area contributed by atoms with Gasteiger partial charge in [0.25, 0.3) is 0 Å². The number of hydrogen-bond donors (Lipinski definition) is 2. The van der Waals surface area contributed by atoms with Crippen LogP contribution in [-0.2, 0) is 10.2 Å². The van der Waals surface area contributed by atoms with Gasteiger partial charge in [0.2, 0.25) is 0 Å². The number of anilines is 1. The summed E-state index contributed by atoms with van der Waals surface area (Å²) >= 11 is 4.91. The molecule has 3 nitrogen and oxygen atoms in total. The standard InChI is InChI=1S/C16H18BrNO2S/c1-16(2,3)13-9-8-12(21-13)14(15(19)20)18-11-6-4-10(17)5-7-11/h4-9,14,18H,1-3H3,(H,19,20). The number of aliphatic carboxylic acids is 1. The van der Waals surface area contributed by atoms with Gasteiger partial charge in [0.1, 0.15) is 0 Å². The van der Waals surface area contributed by atoms with Gasteiger partial charge in [-0.15, -0.1) is 11.3 Å². The molecule has 0 saturated heterocycles. The number of rotatable bonds is 4. The van der Waals surface area contributed by atoms with Crippen molar-refractivity contribution in [3.05, 3.63) is 50.6 Å². The fraction of sp³-hybridized carbons (Fsp3) is 0.312. The fourth-order valence-electron chi connectivity index (χ4n) is 1.88. The molecule has 2 N–H and O–H groups in total. The molecule has 112 valence electrons. The largest absolute Gasteiger partial charge is 0.479 e. The smallest absolute Gasteiger partial charge is 0.331 e. The maximum atomic E-state index is 11.6. The molecule has 2 rings (SSSR count). The minimum atomic E-state index is -0.875. The van der Waals surface area contributed by atoms with Crippen LogP contribution in [0.25, 0.3) is 0 Å². The van der Waals surface area contributed by atoms with Crippen LogP contribution in [0, 0.1) is 0 Å². The summed E-state index contributed by atoms with van der Waals surface area (Å²) in [6.45, 7) is 6.38. The molecule has 0 aliphatic rings. The maximum Gasteiger partial charge on any atom is 0.331 e. The first-order valence-electron chi connectivity index (χ1n) is 6.62. The molecule has 0 saturated carbocycles. The van der Waals surface area contributed by atoms with Gasteiger partial charge in [-0.05, 0) is 41.8 Å². The van der Waals surface area contributed by atoms with Crippen LogP contribution in [0.3, 0.4) is 0 Å². The summed E-state index contributed by atoms with van der Waals surface area (Å²) in [4.78, 5) is 13.6. The molecule has 1 unspecified atom stereocenters. The Morgan fingerprint density at radius 1 is 1.19 bits per heavy atom. The summed E-state index contributed by atoms with van der Waals surface area (Å²) in [5.41, 5.74) is 0.820. The number of carboxylic acid groups (broad SMARTS) is 1. The van der Waals surface area contributed by atoms with Crippen molar-refractivity contribution < 1.29 is 9.90 Å². The van der Waals surface area contributed by atoms with Gasteiger partial charge in [-0.25, -0.2) is 4.79 Å². The van der Waals surface area contributed by atoms with Gasteiger partial charge in [0.15, 0.2) is 6.04 Å². The highest BCUT2D eigenvalue weighted by Crippen LogP contribution is 2.33. The molecule has 5 heteroatoms. The van der Waals surface area contributed by atoms with Crippen molar-refractivity contribution in [3.8, 4) is 0 Å². The summed E-state index contributed by atoms with van der Waals surface area (Å²) in [7, 11) is 0. The van der Waals surface area contributed by atoms with E-state index in [0.717, 1.165) is 15.0 Å². The van der Waals surface area contributed by atoms with Crippen molar-refractivity contribution >= 4 is 38.9 Å². The second kappa shape index (κ2) is 6.20. The molecule has 0 spiro atoms. The Labute approximate surface area is 137 Å². The average molecular weight is 368 g/mol. The lowest BCUT2D eigenvalue weighted by atomic mass is 9.95. The van der Waals surface area contributed by atoms with E-state index in [9.17, 15) is 9.90 Å². The normalized spacial score (nSPS) is 13.0. The lowest BCUT2D eigenvalue weighted by Crippen LogP contribution is -2.19. The van der Waals surface area contributed by atoms with Gasteiger partial charge in [-0.1, -0.05) is 36.7 Å². The number of carbonyl (C=O) groups is 1. The van der Waals surface area contributed by atoms with Crippen molar-refractivity contribution in [3.63, 3.8) is 0 Å². The Morgan fingerprint density at radius 2 is 1.81 bits per heavy atom. The van der Waals surface area contributed by atoms with Crippen molar-refractivity contribution in [1.82, 2.24) is 0 Å². The molecular weight excluding hydrogens is 350 g/mol. The summed E-state index contributed by atoms with van der Waals surface area (Å²) in [6.07, 6.45) is 0. The monoisotopic (exact) mass is 367 g/mol. The zero-order chi connectivity index (χ0) is 15.6. The Hall–Kier alpha value is -1.33. The van der Waals surface area contributed by atoms with Crippen LogP contribution in [0.4, 0.5) is 5.69 Å². The highest BCUT2D eigenvalue weighted by molar-refractivity contribution is 9.10. The molecular formula is C16H18BrNO2S. The van der Waals surface area contributed by atoms with Gasteiger partial charge in [-0.3, -0.25) is 0 Å². The van der Waals surface area contributed by atoms with Crippen molar-refractivity contribution in [1.29, 1.82) is 0 Å². The van der Waals surface area contributed by atoms with Crippen LogP contribution in [-0.4, -0.2) is 11.1 Å². The van der Waals surface area contributed by atoms with Gasteiger partial charge >= 0.3 is 5.97 Å². The van der Waals surface area contributed by atoms with E-state index in [1.807, 2.05) is 36.4 Å². The lowest BCUT2D eigenvalue weighted by Gasteiger charge is -2.17. The van der Waals surface area contributed by atoms with Crippen LogP contribution in [0.2, 0.25) is 0 Å². The maximum absolute atomic E-state index is 11.6. The van der Waals surface area contributed by atoms with Gasteiger partial charge < -0.3 is 10.4 Å². The van der Waals surface area contributed by atoms with Crippen LogP contribution < -0.4 is 5.32 Å². The van der Waals surface area contributed by atoms with Crippen molar-refractivity contribution in [2.24, 2.45) is 0 Å². The lowest BCUT2D eigenvalue weighted by molar-refractivity contribution is -0.138. The third-order valence-corrected chi connectivity index (χ3v) is 5.16. The highest BCUT2D eigenvalue weighted by atomic mass is 79.9. The molecule has 1 aromatic carbocycles. The second-order valence-electron chi connectivity index (χ2n) is 5.87. The minimum absolute atomic E-state index is 0.0313. The van der Waals surface area contributed by atoms with E-state index < -0.39 is 12.0 Å². The Bertz CT molecular complexity index is 628. The summed E-state index contributed by atoms with van der Waals surface area (Å²) < 4.78 is 0.964. The third-order valence-electron chi connectivity index (χ3n) is 3.05. The summed E-state index contributed by atoms with van der Waals surface area (Å²) in [6, 6.07) is 10.7. The van der Waals surface area contributed by atoms with E-state index in [4.69, 9.17) is 0 Å². The summed E-state index contributed by atoms with van der Waals surface area (Å²) in [5.74, 6) is -0.875. The minimum Gasteiger partial charge on any atom is -0.479 e. The average Bonchev–Trinajstić information content (AvgIpc) is 2.87. The number of hydrogen-bond acceptors (Lipinski definition) is 3. The highest BCUT2D eigenvalue weighted by Gasteiger charge is 2.24. The Morgan fingerprint density at radius 3 is 2.29 bits per heavy atom. The first-order valence-corrected chi connectivity index (χ1v) is 8.23. The van der Waals surface area contributed by atoms with Crippen LogP contribution >= 0.6 is 27.3 Å². The van der Waals surface area contributed by atoms with E-state index in [-0.39, 0.29) is 5.41 Å². The first-order chi connectivity index (χ1) is 9.77. The van der Waals surface area contributed by atoms with Crippen molar-refractivity contribution in [2.45, 2.75) is 32.2 Å². The number of nitrogens with one attached hydrogen (secondary N) is 1. The van der Waals surface area contributed by atoms with Crippen LogP contribution in [0.15, 0.2) is 40.9 Å². The number of benzene rings is 1. The van der Waals surface area contributed by atoms with E-state index in [0.29, 0.717) is 0 Å². The van der Waals surface area contributed by atoms with Crippen LogP contribution in [0.5, 0.6) is 0 Å². The number of halogens is 1. The van der Waals surface area contributed by atoms with E-state index >= 15 is 0 Å². The van der Waals surface area contributed by atoms with E-state index in [1.54, 1.807) is 11.3 Å². The molecule has 1 aromatic heterocycles. The molecule has 0 bridgehead atoms. The predicted molar refractivity (Wildman–Crippen MR) is 91.2 cm³/mol. The molecule has 0 aliphatic heterocycles. The SMILES string of the molecule is CC(C)(C)c1ccc(C(Nc2ccc(Br)cc2)C(=O)O)s1. The molecule has 2 aromatic rings.